The molecule has 0 aromatic carbocycles. The number of hydrogen-bond donors (Lipinski definition) is 1. The topological polar surface area (TPSA) is 75.5 Å². The normalized spacial score (nSPS) is 16.7. The minimum atomic E-state index is -4.60. The minimum absolute atomic E-state index is 0.0334. The van der Waals surface area contributed by atoms with Gasteiger partial charge in [-0.25, -0.2) is 15.0 Å². The number of aromatic nitrogens is 6. The molecule has 1 N–H and O–H groups in total. The Hall–Kier alpha value is -2.65. The van der Waals surface area contributed by atoms with Gasteiger partial charge in [-0.05, 0) is 18.9 Å². The zero-order valence-corrected chi connectivity index (χ0v) is 13.5. The summed E-state index contributed by atoms with van der Waals surface area (Å²) in [6.07, 6.45) is 0.136. The minimum Gasteiger partial charge on any atom is -0.355 e. The summed E-state index contributed by atoms with van der Waals surface area (Å²) in [6.45, 7) is 1.22. The first-order valence-corrected chi connectivity index (χ1v) is 7.94. The van der Waals surface area contributed by atoms with Crippen molar-refractivity contribution < 1.29 is 13.2 Å². The summed E-state index contributed by atoms with van der Waals surface area (Å²) < 4.78 is 41.1. The largest absolute Gasteiger partial charge is 0.451 e. The number of nitrogens with one attached hydrogen (secondary N) is 1. The van der Waals surface area contributed by atoms with Crippen LogP contribution in [0.1, 0.15) is 30.3 Å². The molecular weight excluding hydrogens is 335 g/mol. The molecule has 0 bridgehead atoms. The predicted octanol–water partition coefficient (Wildman–Crippen LogP) is 2.49. The van der Waals surface area contributed by atoms with Gasteiger partial charge in [0.25, 0.3) is 0 Å². The van der Waals surface area contributed by atoms with E-state index >= 15 is 0 Å². The van der Waals surface area contributed by atoms with E-state index in [1.165, 1.54) is 6.33 Å². The molecule has 0 amide bonds. The number of piperidine rings is 1. The van der Waals surface area contributed by atoms with Gasteiger partial charge in [0.05, 0.1) is 6.33 Å². The van der Waals surface area contributed by atoms with Crippen molar-refractivity contribution >= 4 is 17.0 Å². The Morgan fingerprint density at radius 1 is 1.20 bits per heavy atom. The van der Waals surface area contributed by atoms with Crippen molar-refractivity contribution in [3.8, 4) is 0 Å². The molecule has 7 nitrogen and oxygen atoms in total. The third-order valence-corrected chi connectivity index (χ3v) is 4.59. The van der Waals surface area contributed by atoms with Crippen molar-refractivity contribution in [2.75, 3.05) is 18.0 Å². The van der Waals surface area contributed by atoms with Crippen molar-refractivity contribution in [3.63, 3.8) is 0 Å². The molecule has 1 aliphatic rings. The highest BCUT2D eigenvalue weighted by Gasteiger charge is 2.37. The third kappa shape index (κ3) is 2.81. The summed E-state index contributed by atoms with van der Waals surface area (Å²) in [5, 5.41) is 4.19. The van der Waals surface area contributed by atoms with Gasteiger partial charge in [-0.2, -0.15) is 18.3 Å². The van der Waals surface area contributed by atoms with Crippen LogP contribution < -0.4 is 4.90 Å². The molecule has 1 fully saturated rings. The molecule has 0 unspecified atom stereocenters. The lowest BCUT2D eigenvalue weighted by Crippen LogP contribution is -2.34. The standard InChI is InChI=1S/C15H16F3N7/c1-24-10(2-5-21-24)9-3-6-25(7-4-9)13-11-12(20-8-19-11)22-14(23-13)15(16,17)18/h2,5,8-9H,3-4,6-7H2,1H3,(H,19,20,22,23). The van der Waals surface area contributed by atoms with E-state index in [0.29, 0.717) is 24.5 Å². The quantitative estimate of drug-likeness (QED) is 0.768. The second kappa shape index (κ2) is 5.71. The monoisotopic (exact) mass is 351 g/mol. The maximum Gasteiger partial charge on any atom is 0.451 e. The van der Waals surface area contributed by atoms with Crippen LogP contribution >= 0.6 is 0 Å². The van der Waals surface area contributed by atoms with Crippen LogP contribution in [0.15, 0.2) is 18.6 Å². The second-order valence-corrected chi connectivity index (χ2v) is 6.11. The molecule has 4 heterocycles. The van der Waals surface area contributed by atoms with Crippen molar-refractivity contribution in [3.05, 3.63) is 30.1 Å². The fraction of sp³-hybridized carbons (Fsp3) is 0.467. The summed E-state index contributed by atoms with van der Waals surface area (Å²) >= 11 is 0. The van der Waals surface area contributed by atoms with E-state index in [-0.39, 0.29) is 11.5 Å². The lowest BCUT2D eigenvalue weighted by molar-refractivity contribution is -0.144. The predicted molar refractivity (Wildman–Crippen MR) is 84.1 cm³/mol. The molecule has 0 saturated carbocycles. The molecule has 3 aromatic heterocycles. The van der Waals surface area contributed by atoms with Crippen molar-refractivity contribution in [1.29, 1.82) is 0 Å². The number of rotatable bonds is 2. The van der Waals surface area contributed by atoms with Gasteiger partial charge in [-0.1, -0.05) is 0 Å². The molecule has 1 aliphatic heterocycles. The average Bonchev–Trinajstić information content (AvgIpc) is 3.22. The van der Waals surface area contributed by atoms with Gasteiger partial charge in [0.2, 0.25) is 5.82 Å². The maximum atomic E-state index is 13.1. The Morgan fingerprint density at radius 3 is 2.60 bits per heavy atom. The molecule has 1 saturated heterocycles. The highest BCUT2D eigenvalue weighted by atomic mass is 19.4. The van der Waals surface area contributed by atoms with Crippen LogP contribution in [0.5, 0.6) is 0 Å². The number of aromatic amines is 1. The summed E-state index contributed by atoms with van der Waals surface area (Å²) in [4.78, 5) is 15.9. The smallest absolute Gasteiger partial charge is 0.355 e. The number of aryl methyl sites for hydroxylation is 1. The molecule has 0 aliphatic carbocycles. The SMILES string of the molecule is Cn1nccc1C1CCN(c2nc(C(F)(F)F)nc3nc[nH]c23)CC1. The number of nitrogens with zero attached hydrogens (tertiary/aromatic N) is 6. The van der Waals surface area contributed by atoms with Gasteiger partial charge in [0, 0.05) is 37.9 Å². The van der Waals surface area contributed by atoms with E-state index in [0.717, 1.165) is 18.5 Å². The summed E-state index contributed by atoms with van der Waals surface area (Å²) in [6, 6.07) is 1.99. The number of anilines is 1. The highest BCUT2D eigenvalue weighted by molar-refractivity contribution is 5.83. The number of halogens is 3. The lowest BCUT2D eigenvalue weighted by Gasteiger charge is -2.33. The van der Waals surface area contributed by atoms with E-state index in [1.54, 1.807) is 6.20 Å². The molecule has 25 heavy (non-hydrogen) atoms. The van der Waals surface area contributed by atoms with Crippen molar-refractivity contribution in [1.82, 2.24) is 29.7 Å². The highest BCUT2D eigenvalue weighted by Crippen LogP contribution is 2.34. The summed E-state index contributed by atoms with van der Waals surface area (Å²) in [5.41, 5.74) is 1.61. The molecule has 3 aromatic rings. The number of hydrogen-bond acceptors (Lipinski definition) is 5. The van der Waals surface area contributed by atoms with Crippen LogP contribution in [-0.4, -0.2) is 42.8 Å². The number of fused-ring (bicyclic) bond motifs is 1. The lowest BCUT2D eigenvalue weighted by atomic mass is 9.93. The van der Waals surface area contributed by atoms with Gasteiger partial charge in [-0.15, -0.1) is 0 Å². The van der Waals surface area contributed by atoms with Crippen LogP contribution in [0.4, 0.5) is 19.0 Å². The summed E-state index contributed by atoms with van der Waals surface area (Å²) in [5.74, 6) is -0.556. The second-order valence-electron chi connectivity index (χ2n) is 6.11. The number of imidazole rings is 1. The third-order valence-electron chi connectivity index (χ3n) is 4.59. The van der Waals surface area contributed by atoms with Crippen LogP contribution in [0.25, 0.3) is 11.2 Å². The first-order valence-electron chi connectivity index (χ1n) is 7.94. The van der Waals surface area contributed by atoms with Crippen LogP contribution in [-0.2, 0) is 13.2 Å². The first-order chi connectivity index (χ1) is 11.9. The average molecular weight is 351 g/mol. The molecule has 0 spiro atoms. The Kier molecular flexibility index (Phi) is 3.62. The van der Waals surface area contributed by atoms with E-state index in [1.807, 2.05) is 22.7 Å². The van der Waals surface area contributed by atoms with Crippen molar-refractivity contribution in [2.24, 2.45) is 7.05 Å². The van der Waals surface area contributed by atoms with E-state index < -0.39 is 12.0 Å². The molecular formula is C15H16F3N7. The molecule has 4 rings (SSSR count). The van der Waals surface area contributed by atoms with Crippen molar-refractivity contribution in [2.45, 2.75) is 24.9 Å². The first kappa shape index (κ1) is 15.9. The molecule has 132 valence electrons. The van der Waals surface area contributed by atoms with Gasteiger partial charge >= 0.3 is 6.18 Å². The van der Waals surface area contributed by atoms with Crippen LogP contribution in [0.3, 0.4) is 0 Å². The van der Waals surface area contributed by atoms with Gasteiger partial charge in [0.15, 0.2) is 11.5 Å². The maximum absolute atomic E-state index is 13.1. The Balaban J connectivity index is 1.62. The van der Waals surface area contributed by atoms with E-state index in [2.05, 4.69) is 25.0 Å². The van der Waals surface area contributed by atoms with Crippen LogP contribution in [0, 0.1) is 0 Å². The number of alkyl halides is 3. The molecule has 0 radical (unpaired) electrons. The van der Waals surface area contributed by atoms with Crippen LogP contribution in [0.2, 0.25) is 0 Å². The molecule has 0 atom stereocenters. The Labute approximate surface area is 140 Å². The van der Waals surface area contributed by atoms with Gasteiger partial charge in [0.1, 0.15) is 5.52 Å². The van der Waals surface area contributed by atoms with Gasteiger partial charge < -0.3 is 9.88 Å². The fourth-order valence-corrected chi connectivity index (χ4v) is 3.35. The molecule has 10 heteroatoms. The van der Waals surface area contributed by atoms with E-state index in [4.69, 9.17) is 0 Å². The summed E-state index contributed by atoms with van der Waals surface area (Å²) in [7, 11) is 1.90. The Morgan fingerprint density at radius 2 is 1.96 bits per heavy atom. The number of H-pyrrole nitrogens is 1. The Bertz CT molecular complexity index is 890. The zero-order chi connectivity index (χ0) is 17.6. The fourth-order valence-electron chi connectivity index (χ4n) is 3.35. The zero-order valence-electron chi connectivity index (χ0n) is 13.5. The van der Waals surface area contributed by atoms with Gasteiger partial charge in [-0.3, -0.25) is 4.68 Å². The van der Waals surface area contributed by atoms with E-state index in [9.17, 15) is 13.2 Å².